The van der Waals surface area contributed by atoms with Gasteiger partial charge in [-0.25, -0.2) is 4.39 Å². The molecule has 1 saturated heterocycles. The van der Waals surface area contributed by atoms with Crippen LogP contribution in [0.15, 0.2) is 42.5 Å². The van der Waals surface area contributed by atoms with Crippen molar-refractivity contribution >= 4 is 23.4 Å². The van der Waals surface area contributed by atoms with Crippen molar-refractivity contribution in [1.29, 1.82) is 0 Å². The molecule has 7 nitrogen and oxygen atoms in total. The van der Waals surface area contributed by atoms with Crippen LogP contribution in [0.1, 0.15) is 29.8 Å². The van der Waals surface area contributed by atoms with E-state index < -0.39 is 0 Å². The zero-order valence-corrected chi connectivity index (χ0v) is 21.5. The van der Waals surface area contributed by atoms with Crippen LogP contribution < -0.4 is 10.1 Å². The van der Waals surface area contributed by atoms with Gasteiger partial charge in [-0.2, -0.15) is 0 Å². The largest absolute Gasteiger partial charge is 0.483 e. The van der Waals surface area contributed by atoms with E-state index in [0.29, 0.717) is 35.8 Å². The average molecular weight is 505 g/mol. The predicted octanol–water partition coefficient (Wildman–Crippen LogP) is 3.27. The molecular weight excluding hydrogens is 471 g/mol. The van der Waals surface area contributed by atoms with Crippen molar-refractivity contribution in [3.8, 4) is 5.75 Å². The smallest absolute Gasteiger partial charge is 0.259 e. The third kappa shape index (κ3) is 7.65. The van der Waals surface area contributed by atoms with Gasteiger partial charge in [0, 0.05) is 63.9 Å². The third-order valence-corrected chi connectivity index (χ3v) is 6.50. The van der Waals surface area contributed by atoms with Gasteiger partial charge in [-0.15, -0.1) is 0 Å². The molecule has 2 aromatic rings. The number of benzene rings is 2. The Morgan fingerprint density at radius 1 is 1.09 bits per heavy atom. The van der Waals surface area contributed by atoms with E-state index in [-0.39, 0.29) is 30.0 Å². The first-order valence-electron chi connectivity index (χ1n) is 11.8. The van der Waals surface area contributed by atoms with E-state index in [1.165, 1.54) is 17.0 Å². The van der Waals surface area contributed by atoms with Gasteiger partial charge >= 0.3 is 0 Å². The second-order valence-electron chi connectivity index (χ2n) is 9.22. The number of nitrogens with zero attached hydrogens (tertiary/aromatic N) is 3. The number of hydrogen-bond donors (Lipinski definition) is 1. The Labute approximate surface area is 211 Å². The van der Waals surface area contributed by atoms with Gasteiger partial charge in [0.05, 0.1) is 5.56 Å². The van der Waals surface area contributed by atoms with E-state index >= 15 is 0 Å². The molecule has 9 heteroatoms. The molecule has 1 N–H and O–H groups in total. The zero-order chi connectivity index (χ0) is 25.5. The van der Waals surface area contributed by atoms with E-state index in [0.717, 1.165) is 25.2 Å². The van der Waals surface area contributed by atoms with E-state index in [2.05, 4.69) is 29.0 Å². The maximum absolute atomic E-state index is 13.2. The van der Waals surface area contributed by atoms with Crippen LogP contribution in [0.2, 0.25) is 5.02 Å². The summed E-state index contributed by atoms with van der Waals surface area (Å²) in [5, 5.41) is 3.39. The molecule has 2 aromatic carbocycles. The molecule has 0 spiro atoms. The first-order valence-corrected chi connectivity index (χ1v) is 12.1. The number of carbonyl (C=O) groups is 2. The van der Waals surface area contributed by atoms with Crippen molar-refractivity contribution in [3.05, 3.63) is 64.4 Å². The molecule has 1 aliphatic heterocycles. The summed E-state index contributed by atoms with van der Waals surface area (Å²) in [6, 6.07) is 12.1. The van der Waals surface area contributed by atoms with Crippen molar-refractivity contribution in [2.45, 2.75) is 32.5 Å². The maximum atomic E-state index is 13.2. The molecule has 0 bridgehead atoms. The monoisotopic (exact) mass is 504 g/mol. The Morgan fingerprint density at radius 3 is 2.43 bits per heavy atom. The van der Waals surface area contributed by atoms with Gasteiger partial charge in [-0.1, -0.05) is 23.7 Å². The molecule has 1 aliphatic rings. The van der Waals surface area contributed by atoms with Crippen LogP contribution in [0.3, 0.4) is 0 Å². The van der Waals surface area contributed by atoms with Gasteiger partial charge in [0.1, 0.15) is 11.6 Å². The van der Waals surface area contributed by atoms with E-state index in [1.54, 1.807) is 32.3 Å². The van der Waals surface area contributed by atoms with Crippen LogP contribution >= 0.6 is 11.6 Å². The van der Waals surface area contributed by atoms with Crippen LogP contribution in [0.5, 0.6) is 5.75 Å². The van der Waals surface area contributed by atoms with Crippen LogP contribution in [0, 0.1) is 5.82 Å². The molecule has 2 atom stereocenters. The summed E-state index contributed by atoms with van der Waals surface area (Å²) in [4.78, 5) is 30.9. The number of nitrogens with one attached hydrogen (secondary N) is 1. The topological polar surface area (TPSA) is 65.1 Å². The second-order valence-corrected chi connectivity index (χ2v) is 9.66. The molecule has 0 saturated carbocycles. The fraction of sp³-hybridized carbons (Fsp3) is 0.462. The highest BCUT2D eigenvalue weighted by molar-refractivity contribution is 6.30. The predicted molar refractivity (Wildman–Crippen MR) is 135 cm³/mol. The molecule has 1 heterocycles. The van der Waals surface area contributed by atoms with Crippen molar-refractivity contribution in [1.82, 2.24) is 20.0 Å². The standard InChI is InChI=1S/C26H34ClFN4O3/c1-18-15-32(16-20-5-8-22(28)9-6-20)19(2)14-31(18)12-11-29-26(34)23-10-7-21(27)13-24(23)35-17-25(33)30(3)4/h5-10,13,18-19H,11-12,14-17H2,1-4H3,(H,29,34). The summed E-state index contributed by atoms with van der Waals surface area (Å²) in [7, 11) is 3.28. The Kier molecular flexibility index (Phi) is 9.48. The molecule has 3 rings (SSSR count). The Bertz CT molecular complexity index is 1020. The number of hydrogen-bond acceptors (Lipinski definition) is 5. The van der Waals surface area contributed by atoms with Gasteiger partial charge in [-0.05, 0) is 49.7 Å². The van der Waals surface area contributed by atoms with Crippen molar-refractivity contribution in [2.24, 2.45) is 0 Å². The lowest BCUT2D eigenvalue weighted by Crippen LogP contribution is -2.57. The maximum Gasteiger partial charge on any atom is 0.259 e. The Morgan fingerprint density at radius 2 is 1.74 bits per heavy atom. The first kappa shape index (κ1) is 26.9. The molecule has 35 heavy (non-hydrogen) atoms. The van der Waals surface area contributed by atoms with Gasteiger partial charge in [0.2, 0.25) is 0 Å². The highest BCUT2D eigenvalue weighted by Crippen LogP contribution is 2.24. The van der Waals surface area contributed by atoms with Crippen molar-refractivity contribution in [2.75, 3.05) is 46.9 Å². The van der Waals surface area contributed by atoms with Crippen LogP contribution in [0.4, 0.5) is 4.39 Å². The lowest BCUT2D eigenvalue weighted by atomic mass is 10.1. The molecule has 0 aliphatic carbocycles. The molecule has 2 unspecified atom stereocenters. The van der Waals surface area contributed by atoms with Crippen LogP contribution in [-0.2, 0) is 11.3 Å². The highest BCUT2D eigenvalue weighted by atomic mass is 35.5. The van der Waals surface area contributed by atoms with E-state index in [9.17, 15) is 14.0 Å². The van der Waals surface area contributed by atoms with E-state index in [4.69, 9.17) is 16.3 Å². The summed E-state index contributed by atoms with van der Waals surface area (Å²) in [6.07, 6.45) is 0. The number of rotatable bonds is 9. The van der Waals surface area contributed by atoms with E-state index in [1.807, 2.05) is 12.1 Å². The number of piperazine rings is 1. The number of amides is 2. The summed E-state index contributed by atoms with van der Waals surface area (Å²) >= 11 is 6.07. The average Bonchev–Trinajstić information content (AvgIpc) is 2.81. The molecular formula is C26H34ClFN4O3. The van der Waals surface area contributed by atoms with Gasteiger partial charge in [0.25, 0.3) is 11.8 Å². The SMILES string of the molecule is CC1CN(Cc2ccc(F)cc2)C(C)CN1CCNC(=O)c1ccc(Cl)cc1OCC(=O)N(C)C. The van der Waals surface area contributed by atoms with Gasteiger partial charge < -0.3 is 15.0 Å². The third-order valence-electron chi connectivity index (χ3n) is 6.27. The highest BCUT2D eigenvalue weighted by Gasteiger charge is 2.28. The molecule has 0 aromatic heterocycles. The number of likely N-dealkylation sites (N-methyl/N-ethyl adjacent to an activating group) is 1. The summed E-state index contributed by atoms with van der Waals surface area (Å²) in [5.74, 6) is -0.425. The normalized spacial score (nSPS) is 18.8. The number of ether oxygens (including phenoxy) is 1. The van der Waals surface area contributed by atoms with Gasteiger partial charge in [-0.3, -0.25) is 19.4 Å². The summed E-state index contributed by atoms with van der Waals surface area (Å²) < 4.78 is 18.8. The molecule has 190 valence electrons. The lowest BCUT2D eigenvalue weighted by molar-refractivity contribution is -0.130. The number of halogens is 2. The molecule has 2 amide bonds. The number of carbonyl (C=O) groups excluding carboxylic acids is 2. The minimum Gasteiger partial charge on any atom is -0.483 e. The summed E-state index contributed by atoms with van der Waals surface area (Å²) in [6.45, 7) is 7.93. The zero-order valence-electron chi connectivity index (χ0n) is 20.8. The second kappa shape index (κ2) is 12.3. The minimum absolute atomic E-state index is 0.175. The molecule has 0 radical (unpaired) electrons. The van der Waals surface area contributed by atoms with Gasteiger partial charge in [0.15, 0.2) is 6.61 Å². The van der Waals surface area contributed by atoms with Crippen LogP contribution in [-0.4, -0.2) is 85.5 Å². The lowest BCUT2D eigenvalue weighted by Gasteiger charge is -2.44. The van der Waals surface area contributed by atoms with Crippen LogP contribution in [0.25, 0.3) is 0 Å². The minimum atomic E-state index is -0.274. The first-order chi connectivity index (χ1) is 16.6. The fourth-order valence-corrected chi connectivity index (χ4v) is 4.27. The summed E-state index contributed by atoms with van der Waals surface area (Å²) in [5.41, 5.74) is 1.44. The fourth-order valence-electron chi connectivity index (χ4n) is 4.11. The van der Waals surface area contributed by atoms with Crippen molar-refractivity contribution in [3.63, 3.8) is 0 Å². The Hall–Kier alpha value is -2.68. The van der Waals surface area contributed by atoms with Crippen molar-refractivity contribution < 1.29 is 18.7 Å². The Balaban J connectivity index is 1.51. The molecule has 1 fully saturated rings. The quantitative estimate of drug-likeness (QED) is 0.568.